The van der Waals surface area contributed by atoms with E-state index >= 15 is 0 Å². The van der Waals surface area contributed by atoms with E-state index in [1.807, 2.05) is 19.9 Å². The lowest BCUT2D eigenvalue weighted by Gasteiger charge is -2.23. The molecule has 0 saturated carbocycles. The van der Waals surface area contributed by atoms with Gasteiger partial charge in [-0.15, -0.1) is 0 Å². The minimum absolute atomic E-state index is 0.0109. The molecule has 0 amide bonds. The summed E-state index contributed by atoms with van der Waals surface area (Å²) in [6.07, 6.45) is 0. The zero-order chi connectivity index (χ0) is 12.8. The maximum Gasteiger partial charge on any atom is 0.224 e. The highest BCUT2D eigenvalue weighted by Crippen LogP contribution is 2.15. The number of hydrogen-bond acceptors (Lipinski definition) is 5. The van der Waals surface area contributed by atoms with Crippen molar-refractivity contribution in [2.75, 3.05) is 30.4 Å². The van der Waals surface area contributed by atoms with Crippen LogP contribution in [0.15, 0.2) is 6.07 Å². The molecule has 1 aromatic rings. The molecule has 0 bridgehead atoms. The lowest BCUT2D eigenvalue weighted by Crippen LogP contribution is -2.29. The number of nitrogens with zero attached hydrogens (tertiary/aromatic N) is 4. The van der Waals surface area contributed by atoms with Gasteiger partial charge in [0.1, 0.15) is 5.82 Å². The third-order valence-electron chi connectivity index (χ3n) is 2.48. The fourth-order valence-electron chi connectivity index (χ4n) is 1.58. The van der Waals surface area contributed by atoms with Gasteiger partial charge in [-0.1, -0.05) is 0 Å². The molecule has 0 aliphatic rings. The molecular formula is C12H19N5. The third-order valence-corrected chi connectivity index (χ3v) is 2.48. The molecule has 5 nitrogen and oxygen atoms in total. The fourth-order valence-corrected chi connectivity index (χ4v) is 1.58. The Morgan fingerprint density at radius 2 is 2.24 bits per heavy atom. The maximum absolute atomic E-state index is 8.86. The Hall–Kier alpha value is -1.83. The topological polar surface area (TPSA) is 64.8 Å². The number of rotatable bonds is 5. The Morgan fingerprint density at radius 1 is 1.53 bits per heavy atom. The second kappa shape index (κ2) is 6.04. The highest BCUT2D eigenvalue weighted by molar-refractivity contribution is 5.44. The largest absolute Gasteiger partial charge is 0.357 e. The van der Waals surface area contributed by atoms with Gasteiger partial charge < -0.3 is 10.2 Å². The average Bonchev–Trinajstić information content (AvgIpc) is 2.34. The molecule has 1 atom stereocenters. The van der Waals surface area contributed by atoms with Crippen LogP contribution >= 0.6 is 0 Å². The summed E-state index contributed by atoms with van der Waals surface area (Å²) in [6.45, 7) is 7.42. The Morgan fingerprint density at radius 3 is 2.76 bits per heavy atom. The first kappa shape index (κ1) is 13.2. The molecule has 0 saturated heterocycles. The molecule has 1 unspecified atom stereocenters. The summed E-state index contributed by atoms with van der Waals surface area (Å²) in [7, 11) is 1.80. The van der Waals surface area contributed by atoms with E-state index < -0.39 is 0 Å². The summed E-state index contributed by atoms with van der Waals surface area (Å²) < 4.78 is 0. The first-order chi connectivity index (χ1) is 8.10. The van der Waals surface area contributed by atoms with Crippen molar-refractivity contribution < 1.29 is 0 Å². The molecule has 1 rings (SSSR count). The Bertz CT molecular complexity index is 410. The monoisotopic (exact) mass is 233 g/mol. The molecule has 1 N–H and O–H groups in total. The van der Waals surface area contributed by atoms with Crippen molar-refractivity contribution in [3.8, 4) is 6.07 Å². The van der Waals surface area contributed by atoms with Crippen LogP contribution in [0, 0.1) is 24.2 Å². The van der Waals surface area contributed by atoms with E-state index in [0.717, 1.165) is 18.1 Å². The van der Waals surface area contributed by atoms with E-state index in [4.69, 9.17) is 5.26 Å². The number of nitriles is 1. The third kappa shape index (κ3) is 3.59. The molecule has 0 aliphatic carbocycles. The SMILES string of the molecule is CCN(CC(C)C#N)c1cc(C)nc(NC)n1. The average molecular weight is 233 g/mol. The van der Waals surface area contributed by atoms with Gasteiger partial charge in [0, 0.05) is 31.9 Å². The second-order valence-electron chi connectivity index (χ2n) is 4.01. The molecule has 0 radical (unpaired) electrons. The molecule has 0 fully saturated rings. The van der Waals surface area contributed by atoms with E-state index in [0.29, 0.717) is 12.5 Å². The molecule has 92 valence electrons. The zero-order valence-corrected chi connectivity index (χ0v) is 10.9. The normalized spacial score (nSPS) is 11.7. The highest BCUT2D eigenvalue weighted by Gasteiger charge is 2.11. The smallest absolute Gasteiger partial charge is 0.224 e. The number of aryl methyl sites for hydroxylation is 1. The van der Waals surface area contributed by atoms with Gasteiger partial charge in [0.25, 0.3) is 0 Å². The highest BCUT2D eigenvalue weighted by atomic mass is 15.2. The van der Waals surface area contributed by atoms with Gasteiger partial charge in [0.05, 0.1) is 12.0 Å². The zero-order valence-electron chi connectivity index (χ0n) is 10.9. The molecule has 1 heterocycles. The fraction of sp³-hybridized carbons (Fsp3) is 0.583. The van der Waals surface area contributed by atoms with E-state index in [-0.39, 0.29) is 5.92 Å². The summed E-state index contributed by atoms with van der Waals surface area (Å²) in [5, 5.41) is 11.8. The van der Waals surface area contributed by atoms with E-state index in [1.165, 1.54) is 0 Å². The van der Waals surface area contributed by atoms with Crippen LogP contribution < -0.4 is 10.2 Å². The van der Waals surface area contributed by atoms with Gasteiger partial charge in [-0.05, 0) is 20.8 Å². The van der Waals surface area contributed by atoms with Crippen LogP contribution in [-0.4, -0.2) is 30.1 Å². The van der Waals surface area contributed by atoms with Crippen LogP contribution in [0.1, 0.15) is 19.5 Å². The van der Waals surface area contributed by atoms with Crippen molar-refractivity contribution in [1.82, 2.24) is 9.97 Å². The van der Waals surface area contributed by atoms with E-state index in [2.05, 4.69) is 33.2 Å². The van der Waals surface area contributed by atoms with Crippen molar-refractivity contribution in [2.24, 2.45) is 5.92 Å². The van der Waals surface area contributed by atoms with Crippen molar-refractivity contribution in [3.05, 3.63) is 11.8 Å². The maximum atomic E-state index is 8.86. The summed E-state index contributed by atoms with van der Waals surface area (Å²) in [5.74, 6) is 1.47. The van der Waals surface area contributed by atoms with Crippen molar-refractivity contribution >= 4 is 11.8 Å². The Balaban J connectivity index is 2.95. The molecule has 0 spiro atoms. The van der Waals surface area contributed by atoms with Gasteiger partial charge in [0.15, 0.2) is 0 Å². The van der Waals surface area contributed by atoms with Crippen LogP contribution in [0.2, 0.25) is 0 Å². The lowest BCUT2D eigenvalue weighted by atomic mass is 10.2. The molecule has 0 aliphatic heterocycles. The van der Waals surface area contributed by atoms with Gasteiger partial charge in [0.2, 0.25) is 5.95 Å². The van der Waals surface area contributed by atoms with E-state index in [9.17, 15) is 0 Å². The van der Waals surface area contributed by atoms with Crippen molar-refractivity contribution in [1.29, 1.82) is 5.26 Å². The molecular weight excluding hydrogens is 214 g/mol. The number of nitrogens with one attached hydrogen (secondary N) is 1. The number of hydrogen-bond donors (Lipinski definition) is 1. The summed E-state index contributed by atoms with van der Waals surface area (Å²) in [4.78, 5) is 10.7. The summed E-state index contributed by atoms with van der Waals surface area (Å²) >= 11 is 0. The van der Waals surface area contributed by atoms with Crippen molar-refractivity contribution in [3.63, 3.8) is 0 Å². The summed E-state index contributed by atoms with van der Waals surface area (Å²) in [6, 6.07) is 4.18. The Kier molecular flexibility index (Phi) is 4.70. The van der Waals surface area contributed by atoms with Gasteiger partial charge in [-0.25, -0.2) is 4.98 Å². The van der Waals surface area contributed by atoms with Crippen LogP contribution in [0.3, 0.4) is 0 Å². The Labute approximate surface area is 102 Å². The molecule has 5 heteroatoms. The predicted molar refractivity (Wildman–Crippen MR) is 69.0 cm³/mol. The first-order valence-electron chi connectivity index (χ1n) is 5.78. The second-order valence-corrected chi connectivity index (χ2v) is 4.01. The quantitative estimate of drug-likeness (QED) is 0.840. The molecule has 17 heavy (non-hydrogen) atoms. The van der Waals surface area contributed by atoms with Gasteiger partial charge >= 0.3 is 0 Å². The van der Waals surface area contributed by atoms with Crippen LogP contribution in [-0.2, 0) is 0 Å². The van der Waals surface area contributed by atoms with E-state index in [1.54, 1.807) is 7.05 Å². The molecule has 0 aromatic carbocycles. The van der Waals surface area contributed by atoms with Crippen LogP contribution in [0.4, 0.5) is 11.8 Å². The van der Waals surface area contributed by atoms with Crippen LogP contribution in [0.5, 0.6) is 0 Å². The minimum atomic E-state index is -0.0109. The first-order valence-corrected chi connectivity index (χ1v) is 5.78. The van der Waals surface area contributed by atoms with Gasteiger partial charge in [-0.2, -0.15) is 10.2 Å². The minimum Gasteiger partial charge on any atom is -0.357 e. The standard InChI is InChI=1S/C12H19N5/c1-5-17(8-9(2)7-13)11-6-10(3)15-12(14-4)16-11/h6,9H,5,8H2,1-4H3,(H,14,15,16). The number of anilines is 2. The lowest BCUT2D eigenvalue weighted by molar-refractivity contribution is 0.678. The van der Waals surface area contributed by atoms with Crippen LogP contribution in [0.25, 0.3) is 0 Å². The molecule has 1 aromatic heterocycles. The summed E-state index contributed by atoms with van der Waals surface area (Å²) in [5.41, 5.74) is 0.919. The van der Waals surface area contributed by atoms with Crippen molar-refractivity contribution in [2.45, 2.75) is 20.8 Å². The van der Waals surface area contributed by atoms with Gasteiger partial charge in [-0.3, -0.25) is 0 Å². The predicted octanol–water partition coefficient (Wildman–Crippen LogP) is 1.81. The number of aromatic nitrogens is 2.